The van der Waals surface area contributed by atoms with Gasteiger partial charge in [0.05, 0.1) is 11.4 Å². The van der Waals surface area contributed by atoms with Crippen LogP contribution in [0.2, 0.25) is 0 Å². The van der Waals surface area contributed by atoms with E-state index >= 15 is 0 Å². The lowest BCUT2D eigenvalue weighted by molar-refractivity contribution is 0.501. The SMILES string of the molecule is Cc1cc(C)n(-c2ccc([B-](F)(F)F)cc2)n1. The Labute approximate surface area is 97.1 Å². The quantitative estimate of drug-likeness (QED) is 0.736. The molecule has 0 N–H and O–H groups in total. The van der Waals surface area contributed by atoms with Crippen molar-refractivity contribution in [2.75, 3.05) is 0 Å². The maximum absolute atomic E-state index is 12.4. The molecule has 1 aromatic carbocycles. The van der Waals surface area contributed by atoms with E-state index in [1.54, 1.807) is 4.68 Å². The summed E-state index contributed by atoms with van der Waals surface area (Å²) in [5.41, 5.74) is 1.79. The molecule has 6 heteroatoms. The number of hydrogen-bond donors (Lipinski definition) is 0. The van der Waals surface area contributed by atoms with Crippen LogP contribution in [-0.4, -0.2) is 16.8 Å². The highest BCUT2D eigenvalue weighted by molar-refractivity contribution is 6.73. The van der Waals surface area contributed by atoms with E-state index in [0.717, 1.165) is 23.5 Å². The van der Waals surface area contributed by atoms with E-state index in [-0.39, 0.29) is 0 Å². The molecule has 0 saturated carbocycles. The zero-order valence-corrected chi connectivity index (χ0v) is 9.49. The van der Waals surface area contributed by atoms with E-state index in [4.69, 9.17) is 0 Å². The van der Waals surface area contributed by atoms with Gasteiger partial charge in [-0.15, -0.1) is 5.46 Å². The smallest absolute Gasteiger partial charge is 0.445 e. The number of nitrogens with zero attached hydrogens (tertiary/aromatic N) is 2. The van der Waals surface area contributed by atoms with Gasteiger partial charge < -0.3 is 12.9 Å². The molecule has 0 amide bonds. The molecule has 1 heterocycles. The fourth-order valence-electron chi connectivity index (χ4n) is 1.72. The number of aromatic nitrogens is 2. The van der Waals surface area contributed by atoms with E-state index in [1.165, 1.54) is 12.1 Å². The molecule has 90 valence electrons. The normalized spacial score (nSPS) is 11.8. The van der Waals surface area contributed by atoms with Crippen LogP contribution in [0.3, 0.4) is 0 Å². The summed E-state index contributed by atoms with van der Waals surface area (Å²) in [6, 6.07) is 6.92. The van der Waals surface area contributed by atoms with Crippen molar-refractivity contribution in [2.24, 2.45) is 0 Å². The van der Waals surface area contributed by atoms with E-state index in [2.05, 4.69) is 5.10 Å². The predicted octanol–water partition coefficient (Wildman–Crippen LogP) is 2.54. The highest BCUT2D eigenvalue weighted by Gasteiger charge is 2.25. The first-order chi connectivity index (χ1) is 7.88. The summed E-state index contributed by atoms with van der Waals surface area (Å²) in [6.07, 6.45) is 0. The third-order valence-electron chi connectivity index (χ3n) is 2.53. The lowest BCUT2D eigenvalue weighted by Gasteiger charge is -2.15. The standard InChI is InChI=1S/C11H11BF3N2/c1-8-7-9(2)17(16-8)11-5-3-10(4-6-11)12(13,14)15/h3-7H,1-2H3/q-1. The molecule has 1 aromatic heterocycles. The summed E-state index contributed by atoms with van der Waals surface area (Å²) in [5.74, 6) is 0. The first kappa shape index (κ1) is 11.8. The average Bonchev–Trinajstić information content (AvgIpc) is 2.57. The minimum absolute atomic E-state index is 0.588. The highest BCUT2D eigenvalue weighted by atomic mass is 19.4. The van der Waals surface area contributed by atoms with Gasteiger partial charge in [-0.2, -0.15) is 5.10 Å². The second-order valence-corrected chi connectivity index (χ2v) is 4.01. The second kappa shape index (κ2) is 3.94. The van der Waals surface area contributed by atoms with E-state index in [9.17, 15) is 12.9 Å². The fraction of sp³-hybridized carbons (Fsp3) is 0.182. The molecule has 2 aromatic rings. The van der Waals surface area contributed by atoms with Crippen LogP contribution in [0.1, 0.15) is 11.4 Å². The Morgan fingerprint density at radius 2 is 1.65 bits per heavy atom. The Balaban J connectivity index is 2.39. The van der Waals surface area contributed by atoms with Crippen LogP contribution in [0.5, 0.6) is 0 Å². The topological polar surface area (TPSA) is 17.8 Å². The molecule has 0 saturated heterocycles. The second-order valence-electron chi connectivity index (χ2n) is 4.01. The summed E-state index contributed by atoms with van der Waals surface area (Å²) in [5, 5.41) is 4.21. The summed E-state index contributed by atoms with van der Waals surface area (Å²) >= 11 is 0. The average molecular weight is 239 g/mol. The largest absolute Gasteiger partial charge is 0.509 e. The molecule has 2 rings (SSSR count). The molecule has 0 aliphatic rings. The third kappa shape index (κ3) is 2.35. The van der Waals surface area contributed by atoms with Crippen molar-refractivity contribution in [3.05, 3.63) is 41.7 Å². The molecule has 0 unspecified atom stereocenters. The van der Waals surface area contributed by atoms with Crippen molar-refractivity contribution in [3.8, 4) is 5.69 Å². The summed E-state index contributed by atoms with van der Waals surface area (Å²) < 4.78 is 39.0. The van der Waals surface area contributed by atoms with Gasteiger partial charge in [0.15, 0.2) is 0 Å². The van der Waals surface area contributed by atoms with Crippen LogP contribution in [0.15, 0.2) is 30.3 Å². The van der Waals surface area contributed by atoms with Gasteiger partial charge in [0.1, 0.15) is 0 Å². The highest BCUT2D eigenvalue weighted by Crippen LogP contribution is 2.13. The van der Waals surface area contributed by atoms with Crippen molar-refractivity contribution in [1.82, 2.24) is 9.78 Å². The van der Waals surface area contributed by atoms with Crippen molar-refractivity contribution in [3.63, 3.8) is 0 Å². The van der Waals surface area contributed by atoms with Gasteiger partial charge in [-0.25, -0.2) is 4.68 Å². The summed E-state index contributed by atoms with van der Waals surface area (Å²) in [7, 11) is 0. The number of aryl methyl sites for hydroxylation is 2. The van der Waals surface area contributed by atoms with E-state index in [0.29, 0.717) is 5.69 Å². The van der Waals surface area contributed by atoms with E-state index in [1.807, 2.05) is 19.9 Å². The summed E-state index contributed by atoms with van der Waals surface area (Å²) in [4.78, 5) is 0. The molecule has 0 fully saturated rings. The van der Waals surface area contributed by atoms with Gasteiger partial charge in [0.25, 0.3) is 0 Å². The first-order valence-electron chi connectivity index (χ1n) is 5.21. The van der Waals surface area contributed by atoms with Crippen LogP contribution in [0, 0.1) is 13.8 Å². The molecular formula is C11H11BF3N2-. The maximum atomic E-state index is 12.4. The van der Waals surface area contributed by atoms with Gasteiger partial charge >= 0.3 is 6.98 Å². The number of hydrogen-bond acceptors (Lipinski definition) is 1. The Bertz CT molecular complexity index is 529. The Hall–Kier alpha value is -1.72. The molecule has 0 bridgehead atoms. The Morgan fingerprint density at radius 3 is 2.06 bits per heavy atom. The molecule has 0 aliphatic heterocycles. The van der Waals surface area contributed by atoms with Crippen molar-refractivity contribution >= 4 is 12.4 Å². The van der Waals surface area contributed by atoms with Gasteiger partial charge in [-0.05, 0) is 32.0 Å². The van der Waals surface area contributed by atoms with Gasteiger partial charge in [-0.3, -0.25) is 0 Å². The molecular weight excluding hydrogens is 228 g/mol. The number of halogens is 3. The zero-order chi connectivity index (χ0) is 12.6. The lowest BCUT2D eigenvalue weighted by atomic mass is 9.80. The van der Waals surface area contributed by atoms with E-state index < -0.39 is 12.4 Å². The molecule has 0 radical (unpaired) electrons. The maximum Gasteiger partial charge on any atom is 0.509 e. The third-order valence-corrected chi connectivity index (χ3v) is 2.53. The zero-order valence-electron chi connectivity index (χ0n) is 9.49. The molecule has 0 atom stereocenters. The Morgan fingerprint density at radius 1 is 1.06 bits per heavy atom. The van der Waals surface area contributed by atoms with Crippen LogP contribution < -0.4 is 5.46 Å². The number of benzene rings is 1. The first-order valence-corrected chi connectivity index (χ1v) is 5.21. The van der Waals surface area contributed by atoms with Gasteiger partial charge in [0, 0.05) is 5.69 Å². The van der Waals surface area contributed by atoms with Crippen LogP contribution >= 0.6 is 0 Å². The molecule has 2 nitrogen and oxygen atoms in total. The fourth-order valence-corrected chi connectivity index (χ4v) is 1.72. The van der Waals surface area contributed by atoms with Gasteiger partial charge in [0.2, 0.25) is 0 Å². The van der Waals surface area contributed by atoms with Crippen LogP contribution in [0.25, 0.3) is 5.69 Å². The monoisotopic (exact) mass is 239 g/mol. The van der Waals surface area contributed by atoms with Crippen molar-refractivity contribution in [1.29, 1.82) is 0 Å². The number of rotatable bonds is 2. The molecule has 0 spiro atoms. The minimum Gasteiger partial charge on any atom is -0.445 e. The molecule has 17 heavy (non-hydrogen) atoms. The molecule has 0 aliphatic carbocycles. The minimum atomic E-state index is -4.93. The summed E-state index contributed by atoms with van der Waals surface area (Å²) in [6.45, 7) is -1.22. The lowest BCUT2D eigenvalue weighted by Crippen LogP contribution is -2.33. The van der Waals surface area contributed by atoms with Crippen LogP contribution in [0.4, 0.5) is 12.9 Å². The Kier molecular flexibility index (Phi) is 2.73. The van der Waals surface area contributed by atoms with Crippen molar-refractivity contribution in [2.45, 2.75) is 13.8 Å². The van der Waals surface area contributed by atoms with Crippen molar-refractivity contribution < 1.29 is 12.9 Å². The van der Waals surface area contributed by atoms with Crippen LogP contribution in [-0.2, 0) is 0 Å². The predicted molar refractivity (Wildman–Crippen MR) is 61.8 cm³/mol. The van der Waals surface area contributed by atoms with Gasteiger partial charge in [-0.1, -0.05) is 12.1 Å².